The predicted molar refractivity (Wildman–Crippen MR) is 108 cm³/mol. The Kier molecular flexibility index (Phi) is 7.44. The Morgan fingerprint density at radius 1 is 1.00 bits per heavy atom. The Morgan fingerprint density at radius 2 is 1.61 bits per heavy atom. The van der Waals surface area contributed by atoms with Crippen molar-refractivity contribution in [1.29, 1.82) is 5.26 Å². The Labute approximate surface area is 167 Å². The second-order valence-corrected chi connectivity index (χ2v) is 8.27. The molecular formula is C21H26N2O4S. The Hall–Kier alpha value is -2.56. The normalized spacial score (nSPS) is 12.4. The van der Waals surface area contributed by atoms with Crippen LogP contribution in [0.3, 0.4) is 0 Å². The predicted octanol–water partition coefficient (Wildman–Crippen LogP) is 4.03. The van der Waals surface area contributed by atoms with Gasteiger partial charge in [-0.05, 0) is 61.7 Å². The summed E-state index contributed by atoms with van der Waals surface area (Å²) in [6.07, 6.45) is 0. The average Bonchev–Trinajstić information content (AvgIpc) is 2.68. The molecule has 7 heteroatoms. The smallest absolute Gasteiger partial charge is 0.241 e. The lowest BCUT2D eigenvalue weighted by Crippen LogP contribution is -2.31. The zero-order valence-electron chi connectivity index (χ0n) is 16.6. The van der Waals surface area contributed by atoms with Crippen LogP contribution in [0.15, 0.2) is 47.4 Å². The van der Waals surface area contributed by atoms with E-state index in [4.69, 9.17) is 14.7 Å². The molecule has 2 aromatic carbocycles. The first-order valence-electron chi connectivity index (χ1n) is 9.24. The van der Waals surface area contributed by atoms with E-state index in [1.165, 1.54) is 24.3 Å². The van der Waals surface area contributed by atoms with Crippen LogP contribution in [0.2, 0.25) is 0 Å². The maximum atomic E-state index is 12.9. The molecule has 0 fully saturated rings. The quantitative estimate of drug-likeness (QED) is 0.684. The third-order valence-corrected chi connectivity index (χ3v) is 5.63. The molecule has 1 atom stereocenters. The van der Waals surface area contributed by atoms with Crippen molar-refractivity contribution in [1.82, 2.24) is 4.72 Å². The first-order chi connectivity index (χ1) is 13.3. The summed E-state index contributed by atoms with van der Waals surface area (Å²) in [5.74, 6) is 1.22. The fraction of sp³-hybridized carbons (Fsp3) is 0.381. The molecule has 0 aliphatic heterocycles. The molecule has 0 spiro atoms. The van der Waals surface area contributed by atoms with Gasteiger partial charge in [0, 0.05) is 6.04 Å². The van der Waals surface area contributed by atoms with Crippen molar-refractivity contribution in [2.75, 3.05) is 13.2 Å². The van der Waals surface area contributed by atoms with Crippen LogP contribution in [0.25, 0.3) is 0 Å². The highest BCUT2D eigenvalue weighted by atomic mass is 32.2. The molecule has 0 aliphatic carbocycles. The van der Waals surface area contributed by atoms with Gasteiger partial charge in [0.1, 0.15) is 0 Å². The second kappa shape index (κ2) is 9.58. The first kappa shape index (κ1) is 21.7. The van der Waals surface area contributed by atoms with E-state index in [9.17, 15) is 8.42 Å². The zero-order valence-corrected chi connectivity index (χ0v) is 17.4. The third kappa shape index (κ3) is 5.24. The van der Waals surface area contributed by atoms with E-state index in [0.717, 1.165) is 5.56 Å². The lowest BCUT2D eigenvalue weighted by atomic mass is 9.97. The molecule has 150 valence electrons. The van der Waals surface area contributed by atoms with Crippen LogP contribution >= 0.6 is 0 Å². The van der Waals surface area contributed by atoms with Gasteiger partial charge < -0.3 is 9.47 Å². The molecule has 1 unspecified atom stereocenters. The summed E-state index contributed by atoms with van der Waals surface area (Å²) in [4.78, 5) is 0.119. The van der Waals surface area contributed by atoms with Crippen molar-refractivity contribution in [3.05, 3.63) is 53.6 Å². The Balaban J connectivity index is 2.37. The van der Waals surface area contributed by atoms with E-state index in [1.807, 2.05) is 45.9 Å². The van der Waals surface area contributed by atoms with E-state index >= 15 is 0 Å². The number of nitrogens with one attached hydrogen (secondary N) is 1. The Bertz CT molecular complexity index is 932. The molecule has 0 aromatic heterocycles. The molecule has 2 rings (SSSR count). The summed E-state index contributed by atoms with van der Waals surface area (Å²) >= 11 is 0. The molecule has 28 heavy (non-hydrogen) atoms. The van der Waals surface area contributed by atoms with E-state index in [2.05, 4.69) is 4.72 Å². The van der Waals surface area contributed by atoms with Crippen molar-refractivity contribution in [3.63, 3.8) is 0 Å². The molecule has 0 heterocycles. The maximum absolute atomic E-state index is 12.9. The number of nitriles is 1. The number of hydrogen-bond acceptors (Lipinski definition) is 5. The number of rotatable bonds is 9. The lowest BCUT2D eigenvalue weighted by Gasteiger charge is -2.24. The molecule has 0 saturated heterocycles. The van der Waals surface area contributed by atoms with Gasteiger partial charge in [0.05, 0.1) is 29.7 Å². The number of benzene rings is 2. The van der Waals surface area contributed by atoms with Crippen LogP contribution in [0.5, 0.6) is 11.5 Å². The molecular weight excluding hydrogens is 376 g/mol. The third-order valence-electron chi connectivity index (χ3n) is 4.17. The molecule has 0 aliphatic rings. The number of sulfonamides is 1. The van der Waals surface area contributed by atoms with Gasteiger partial charge in [0.25, 0.3) is 0 Å². The largest absolute Gasteiger partial charge is 0.490 e. The van der Waals surface area contributed by atoms with Gasteiger partial charge in [0.15, 0.2) is 11.5 Å². The van der Waals surface area contributed by atoms with Gasteiger partial charge in [-0.1, -0.05) is 19.9 Å². The van der Waals surface area contributed by atoms with E-state index in [0.29, 0.717) is 30.3 Å². The zero-order chi connectivity index (χ0) is 20.7. The fourth-order valence-electron chi connectivity index (χ4n) is 2.79. The minimum atomic E-state index is -3.75. The van der Waals surface area contributed by atoms with Crippen molar-refractivity contribution < 1.29 is 17.9 Å². The van der Waals surface area contributed by atoms with Gasteiger partial charge in [-0.2, -0.15) is 5.26 Å². The summed E-state index contributed by atoms with van der Waals surface area (Å²) in [6, 6.07) is 12.8. The Morgan fingerprint density at radius 3 is 2.14 bits per heavy atom. The van der Waals surface area contributed by atoms with Crippen LogP contribution < -0.4 is 14.2 Å². The summed E-state index contributed by atoms with van der Waals surface area (Å²) in [7, 11) is -3.75. The van der Waals surface area contributed by atoms with Gasteiger partial charge in [-0.15, -0.1) is 0 Å². The number of ether oxygens (including phenoxy) is 2. The van der Waals surface area contributed by atoms with Crippen molar-refractivity contribution in [2.24, 2.45) is 5.92 Å². The minimum Gasteiger partial charge on any atom is -0.490 e. The van der Waals surface area contributed by atoms with Crippen LogP contribution in [-0.4, -0.2) is 21.6 Å². The first-order valence-corrected chi connectivity index (χ1v) is 10.7. The van der Waals surface area contributed by atoms with Crippen LogP contribution in [-0.2, 0) is 10.0 Å². The number of hydrogen-bond donors (Lipinski definition) is 1. The van der Waals surface area contributed by atoms with Crippen molar-refractivity contribution in [3.8, 4) is 17.6 Å². The molecule has 6 nitrogen and oxygen atoms in total. The minimum absolute atomic E-state index is 0.000534. The highest BCUT2D eigenvalue weighted by molar-refractivity contribution is 7.89. The molecule has 0 saturated carbocycles. The van der Waals surface area contributed by atoms with Gasteiger partial charge >= 0.3 is 0 Å². The molecule has 0 bridgehead atoms. The standard InChI is InChI=1S/C21H26N2O4S/c1-5-26-19-12-9-17(13-20(19)27-6-2)21(15(3)4)23-28(24,25)18-10-7-16(14-22)8-11-18/h7-13,15,21,23H,5-6H2,1-4H3. The molecule has 1 N–H and O–H groups in total. The van der Waals surface area contributed by atoms with Gasteiger partial charge in [0.2, 0.25) is 10.0 Å². The van der Waals surface area contributed by atoms with Crippen molar-refractivity contribution >= 4 is 10.0 Å². The van der Waals surface area contributed by atoms with Crippen LogP contribution in [0.4, 0.5) is 0 Å². The summed E-state index contributed by atoms with van der Waals surface area (Å²) in [6.45, 7) is 8.67. The van der Waals surface area contributed by atoms with Crippen LogP contribution in [0, 0.1) is 17.2 Å². The topological polar surface area (TPSA) is 88.4 Å². The monoisotopic (exact) mass is 402 g/mol. The van der Waals surface area contributed by atoms with E-state index < -0.39 is 16.1 Å². The fourth-order valence-corrected chi connectivity index (χ4v) is 4.17. The molecule has 2 aromatic rings. The lowest BCUT2D eigenvalue weighted by molar-refractivity contribution is 0.287. The number of nitrogens with zero attached hydrogens (tertiary/aromatic N) is 1. The average molecular weight is 403 g/mol. The SMILES string of the molecule is CCOc1ccc(C(NS(=O)(=O)c2ccc(C#N)cc2)C(C)C)cc1OCC. The van der Waals surface area contributed by atoms with Gasteiger partial charge in [-0.25, -0.2) is 13.1 Å². The summed E-state index contributed by atoms with van der Waals surface area (Å²) < 4.78 is 39.7. The molecule has 0 radical (unpaired) electrons. The summed E-state index contributed by atoms with van der Waals surface area (Å²) in [5.41, 5.74) is 1.20. The maximum Gasteiger partial charge on any atom is 0.241 e. The van der Waals surface area contributed by atoms with E-state index in [1.54, 1.807) is 6.07 Å². The van der Waals surface area contributed by atoms with Gasteiger partial charge in [-0.3, -0.25) is 0 Å². The highest BCUT2D eigenvalue weighted by Crippen LogP contribution is 2.33. The van der Waals surface area contributed by atoms with Crippen molar-refractivity contribution in [2.45, 2.75) is 38.6 Å². The second-order valence-electron chi connectivity index (χ2n) is 6.55. The van der Waals surface area contributed by atoms with Crippen LogP contribution in [0.1, 0.15) is 44.9 Å². The summed E-state index contributed by atoms with van der Waals surface area (Å²) in [5, 5.41) is 8.89. The van der Waals surface area contributed by atoms with E-state index in [-0.39, 0.29) is 10.8 Å². The molecule has 0 amide bonds. The highest BCUT2D eigenvalue weighted by Gasteiger charge is 2.25.